The zero-order chi connectivity index (χ0) is 12.3. The lowest BCUT2D eigenvalue weighted by molar-refractivity contribution is 0.101. The van der Waals surface area contributed by atoms with Crippen molar-refractivity contribution in [2.75, 3.05) is 5.32 Å². The standard InChI is InChI=1S/C11H8BrN3O2/c12-8-4-1-5-9(14-8)15-11(17)10-7(16)3-2-6-13-10/h1-6,16H,(H,14,15,17). The summed E-state index contributed by atoms with van der Waals surface area (Å²) in [6, 6.07) is 8.07. The van der Waals surface area contributed by atoms with E-state index < -0.39 is 5.91 Å². The minimum atomic E-state index is -0.506. The third-order valence-electron chi connectivity index (χ3n) is 1.96. The fourth-order valence-corrected chi connectivity index (χ4v) is 1.57. The quantitative estimate of drug-likeness (QED) is 0.833. The van der Waals surface area contributed by atoms with Crippen molar-refractivity contribution in [3.8, 4) is 5.75 Å². The van der Waals surface area contributed by atoms with Gasteiger partial charge in [-0.25, -0.2) is 9.97 Å². The number of hydrogen-bond donors (Lipinski definition) is 2. The molecule has 2 aromatic heterocycles. The molecule has 86 valence electrons. The molecule has 2 N–H and O–H groups in total. The SMILES string of the molecule is O=C(Nc1cccc(Br)n1)c1ncccc1O. The van der Waals surface area contributed by atoms with E-state index in [1.54, 1.807) is 24.3 Å². The zero-order valence-electron chi connectivity index (χ0n) is 8.59. The second-order valence-corrected chi connectivity index (χ2v) is 3.98. The average Bonchev–Trinajstić information content (AvgIpc) is 2.29. The average molecular weight is 294 g/mol. The summed E-state index contributed by atoms with van der Waals surface area (Å²) in [7, 11) is 0. The summed E-state index contributed by atoms with van der Waals surface area (Å²) in [6.45, 7) is 0. The van der Waals surface area contributed by atoms with E-state index >= 15 is 0 Å². The van der Waals surface area contributed by atoms with Crippen LogP contribution in [0.25, 0.3) is 0 Å². The molecule has 0 saturated carbocycles. The van der Waals surface area contributed by atoms with Crippen molar-refractivity contribution in [1.82, 2.24) is 9.97 Å². The van der Waals surface area contributed by atoms with E-state index in [4.69, 9.17) is 0 Å². The predicted octanol–water partition coefficient (Wildman–Crippen LogP) is 2.20. The van der Waals surface area contributed by atoms with E-state index in [0.717, 1.165) is 0 Å². The molecule has 0 bridgehead atoms. The lowest BCUT2D eigenvalue weighted by Crippen LogP contribution is -2.14. The molecule has 2 aromatic rings. The zero-order valence-corrected chi connectivity index (χ0v) is 10.2. The Labute approximate surface area is 106 Å². The molecule has 5 nitrogen and oxygen atoms in total. The minimum absolute atomic E-state index is 0.0331. The van der Waals surface area contributed by atoms with Crippen LogP contribution in [-0.2, 0) is 0 Å². The van der Waals surface area contributed by atoms with Crippen molar-refractivity contribution in [3.05, 3.63) is 46.8 Å². The number of anilines is 1. The number of carbonyl (C=O) groups is 1. The lowest BCUT2D eigenvalue weighted by Gasteiger charge is -2.04. The Hall–Kier alpha value is -1.95. The highest BCUT2D eigenvalue weighted by atomic mass is 79.9. The molecule has 1 amide bonds. The first-order valence-corrected chi connectivity index (χ1v) is 5.54. The topological polar surface area (TPSA) is 75.1 Å². The first-order chi connectivity index (χ1) is 8.16. The molecule has 0 aliphatic carbocycles. The molecule has 0 fully saturated rings. The van der Waals surface area contributed by atoms with E-state index in [0.29, 0.717) is 10.4 Å². The number of halogens is 1. The van der Waals surface area contributed by atoms with E-state index in [9.17, 15) is 9.90 Å². The fourth-order valence-electron chi connectivity index (χ4n) is 1.23. The van der Waals surface area contributed by atoms with Crippen LogP contribution in [0.15, 0.2) is 41.1 Å². The predicted molar refractivity (Wildman–Crippen MR) is 65.8 cm³/mol. The van der Waals surface area contributed by atoms with Gasteiger partial charge in [-0.05, 0) is 40.2 Å². The third kappa shape index (κ3) is 2.79. The summed E-state index contributed by atoms with van der Waals surface area (Å²) in [5.41, 5.74) is -0.0331. The van der Waals surface area contributed by atoms with Gasteiger partial charge in [0.1, 0.15) is 16.2 Å². The monoisotopic (exact) mass is 293 g/mol. The smallest absolute Gasteiger partial charge is 0.279 e. The second kappa shape index (κ2) is 4.92. The van der Waals surface area contributed by atoms with E-state index in [2.05, 4.69) is 31.2 Å². The molecular weight excluding hydrogens is 286 g/mol. The van der Waals surface area contributed by atoms with Crippen molar-refractivity contribution in [3.63, 3.8) is 0 Å². The number of nitrogens with zero attached hydrogens (tertiary/aromatic N) is 2. The van der Waals surface area contributed by atoms with Crippen LogP contribution in [0.2, 0.25) is 0 Å². The van der Waals surface area contributed by atoms with Gasteiger partial charge in [0.25, 0.3) is 5.91 Å². The maximum Gasteiger partial charge on any atom is 0.279 e. The van der Waals surface area contributed by atoms with Gasteiger partial charge in [0.15, 0.2) is 5.69 Å². The fraction of sp³-hybridized carbons (Fsp3) is 0. The van der Waals surface area contributed by atoms with Crippen LogP contribution in [-0.4, -0.2) is 21.0 Å². The molecule has 2 rings (SSSR count). The van der Waals surface area contributed by atoms with Gasteiger partial charge in [0.05, 0.1) is 0 Å². The van der Waals surface area contributed by atoms with Crippen LogP contribution in [0.5, 0.6) is 5.75 Å². The molecule has 0 radical (unpaired) electrons. The van der Waals surface area contributed by atoms with Gasteiger partial charge in [-0.2, -0.15) is 0 Å². The summed E-state index contributed by atoms with van der Waals surface area (Å²) in [4.78, 5) is 19.6. The van der Waals surface area contributed by atoms with Gasteiger partial charge in [-0.3, -0.25) is 4.79 Å². The number of amides is 1. The van der Waals surface area contributed by atoms with Crippen molar-refractivity contribution in [2.45, 2.75) is 0 Å². The maximum atomic E-state index is 11.8. The Morgan fingerprint density at radius 2 is 2.12 bits per heavy atom. The molecule has 0 unspecified atom stereocenters. The number of pyridine rings is 2. The number of hydrogen-bond acceptors (Lipinski definition) is 4. The summed E-state index contributed by atoms with van der Waals surface area (Å²) in [5, 5.41) is 12.0. The highest BCUT2D eigenvalue weighted by Crippen LogP contribution is 2.15. The Balaban J connectivity index is 2.20. The molecule has 0 aromatic carbocycles. The maximum absolute atomic E-state index is 11.8. The van der Waals surface area contributed by atoms with Gasteiger partial charge < -0.3 is 10.4 Å². The number of aromatic hydroxyl groups is 1. The van der Waals surface area contributed by atoms with E-state index in [-0.39, 0.29) is 11.4 Å². The molecule has 6 heteroatoms. The molecule has 0 saturated heterocycles. The molecule has 0 atom stereocenters. The largest absolute Gasteiger partial charge is 0.505 e. The van der Waals surface area contributed by atoms with Crippen molar-refractivity contribution >= 4 is 27.7 Å². The van der Waals surface area contributed by atoms with E-state index in [1.807, 2.05) is 0 Å². The van der Waals surface area contributed by atoms with Crippen LogP contribution in [0, 0.1) is 0 Å². The van der Waals surface area contributed by atoms with Crippen molar-refractivity contribution < 1.29 is 9.90 Å². The first-order valence-electron chi connectivity index (χ1n) is 4.75. The van der Waals surface area contributed by atoms with Crippen LogP contribution >= 0.6 is 15.9 Å². The molecular formula is C11H8BrN3O2. The number of aromatic nitrogens is 2. The van der Waals surface area contributed by atoms with E-state index in [1.165, 1.54) is 12.3 Å². The second-order valence-electron chi connectivity index (χ2n) is 3.17. The Morgan fingerprint density at radius 1 is 1.29 bits per heavy atom. The van der Waals surface area contributed by atoms with Gasteiger partial charge in [-0.1, -0.05) is 6.07 Å². The summed E-state index contributed by atoms with van der Waals surface area (Å²) >= 11 is 3.20. The van der Waals surface area contributed by atoms with Crippen LogP contribution in [0.4, 0.5) is 5.82 Å². The van der Waals surface area contributed by atoms with Gasteiger partial charge >= 0.3 is 0 Å². The third-order valence-corrected chi connectivity index (χ3v) is 2.40. The number of nitrogens with one attached hydrogen (secondary N) is 1. The highest BCUT2D eigenvalue weighted by molar-refractivity contribution is 9.10. The lowest BCUT2D eigenvalue weighted by atomic mass is 10.3. The van der Waals surface area contributed by atoms with Crippen LogP contribution in [0.3, 0.4) is 0 Å². The first kappa shape index (κ1) is 11.5. The molecule has 2 heterocycles. The summed E-state index contributed by atoms with van der Waals surface area (Å²) < 4.78 is 0.612. The summed E-state index contributed by atoms with van der Waals surface area (Å²) in [6.07, 6.45) is 1.43. The number of carbonyl (C=O) groups excluding carboxylic acids is 1. The van der Waals surface area contributed by atoms with Crippen molar-refractivity contribution in [2.24, 2.45) is 0 Å². The Kier molecular flexibility index (Phi) is 3.34. The molecule has 0 spiro atoms. The molecule has 17 heavy (non-hydrogen) atoms. The van der Waals surface area contributed by atoms with Gasteiger partial charge in [0.2, 0.25) is 0 Å². The molecule has 0 aliphatic rings. The van der Waals surface area contributed by atoms with Crippen LogP contribution in [0.1, 0.15) is 10.5 Å². The normalized spacial score (nSPS) is 9.94. The minimum Gasteiger partial charge on any atom is -0.505 e. The Bertz CT molecular complexity index is 560. The van der Waals surface area contributed by atoms with Gasteiger partial charge in [0, 0.05) is 6.20 Å². The van der Waals surface area contributed by atoms with Gasteiger partial charge in [-0.15, -0.1) is 0 Å². The van der Waals surface area contributed by atoms with Crippen molar-refractivity contribution in [1.29, 1.82) is 0 Å². The molecule has 0 aliphatic heterocycles. The number of rotatable bonds is 2. The van der Waals surface area contributed by atoms with Crippen LogP contribution < -0.4 is 5.32 Å². The summed E-state index contributed by atoms with van der Waals surface area (Å²) in [5.74, 6) is -0.289. The Morgan fingerprint density at radius 3 is 2.82 bits per heavy atom. The highest BCUT2D eigenvalue weighted by Gasteiger charge is 2.12.